The zero-order chi connectivity index (χ0) is 10.6. The first kappa shape index (κ1) is 11.0. The molecule has 14 heavy (non-hydrogen) atoms. The first-order chi connectivity index (χ1) is 6.65. The lowest BCUT2D eigenvalue weighted by molar-refractivity contribution is 0.802. The number of nitrogens with zero attached hydrogens (tertiary/aromatic N) is 2. The summed E-state index contributed by atoms with van der Waals surface area (Å²) in [7, 11) is 2.05. The van der Waals surface area contributed by atoms with Gasteiger partial charge in [-0.1, -0.05) is 13.0 Å². The van der Waals surface area contributed by atoms with Gasteiger partial charge in [-0.25, -0.2) is 4.98 Å². The van der Waals surface area contributed by atoms with E-state index in [0.717, 1.165) is 24.3 Å². The fourth-order valence-corrected chi connectivity index (χ4v) is 1.34. The van der Waals surface area contributed by atoms with Gasteiger partial charge in [0.05, 0.1) is 0 Å². The van der Waals surface area contributed by atoms with Gasteiger partial charge in [0, 0.05) is 25.8 Å². The van der Waals surface area contributed by atoms with Crippen LogP contribution in [0.4, 0.5) is 5.82 Å². The smallest absolute Gasteiger partial charge is 0.128 e. The Bertz CT molecular complexity index is 266. The Balaban J connectivity index is 2.72. The highest BCUT2D eigenvalue weighted by molar-refractivity contribution is 5.38. The molecule has 0 aromatic carbocycles. The average molecular weight is 193 g/mol. The topological polar surface area (TPSA) is 42.1 Å². The van der Waals surface area contributed by atoms with E-state index in [1.807, 2.05) is 25.3 Å². The lowest BCUT2D eigenvalue weighted by Gasteiger charge is -2.17. The maximum atomic E-state index is 5.74. The highest BCUT2D eigenvalue weighted by atomic mass is 15.2. The Morgan fingerprint density at radius 1 is 1.50 bits per heavy atom. The third kappa shape index (κ3) is 2.70. The maximum absolute atomic E-state index is 5.74. The first-order valence-corrected chi connectivity index (χ1v) is 5.07. The van der Waals surface area contributed by atoms with E-state index in [0.29, 0.717) is 0 Å². The summed E-state index contributed by atoms with van der Waals surface area (Å²) in [6.45, 7) is 5.16. The lowest BCUT2D eigenvalue weighted by Crippen LogP contribution is -2.19. The van der Waals surface area contributed by atoms with Crippen molar-refractivity contribution in [3.05, 3.63) is 23.9 Å². The van der Waals surface area contributed by atoms with Gasteiger partial charge in [-0.15, -0.1) is 0 Å². The average Bonchev–Trinajstić information content (AvgIpc) is 2.18. The van der Waals surface area contributed by atoms with Crippen molar-refractivity contribution < 1.29 is 0 Å². The van der Waals surface area contributed by atoms with E-state index >= 15 is 0 Å². The van der Waals surface area contributed by atoms with Crippen LogP contribution in [0.3, 0.4) is 0 Å². The summed E-state index contributed by atoms with van der Waals surface area (Å²) in [4.78, 5) is 6.51. The van der Waals surface area contributed by atoms with E-state index in [1.54, 1.807) is 0 Å². The molecule has 0 saturated heterocycles. The molecular formula is C11H19N3. The number of hydrogen-bond acceptors (Lipinski definition) is 3. The van der Waals surface area contributed by atoms with Crippen LogP contribution in [0.2, 0.25) is 0 Å². The summed E-state index contributed by atoms with van der Waals surface area (Å²) >= 11 is 0. The first-order valence-electron chi connectivity index (χ1n) is 5.07. The summed E-state index contributed by atoms with van der Waals surface area (Å²) in [6, 6.07) is 4.13. The van der Waals surface area contributed by atoms with Gasteiger partial charge in [0.15, 0.2) is 0 Å². The van der Waals surface area contributed by atoms with Crippen molar-refractivity contribution in [2.75, 3.05) is 18.5 Å². The summed E-state index contributed by atoms with van der Waals surface area (Å²) in [5, 5.41) is 0. The Kier molecular flexibility index (Phi) is 3.89. The van der Waals surface area contributed by atoms with Gasteiger partial charge in [-0.05, 0) is 25.0 Å². The predicted molar refractivity (Wildman–Crippen MR) is 60.4 cm³/mol. The fourth-order valence-electron chi connectivity index (χ4n) is 1.34. The molecule has 0 aliphatic carbocycles. The van der Waals surface area contributed by atoms with Crippen LogP contribution in [0.25, 0.3) is 0 Å². The van der Waals surface area contributed by atoms with Crippen LogP contribution in [-0.2, 0) is 0 Å². The molecule has 2 N–H and O–H groups in total. The molecule has 3 nitrogen and oxygen atoms in total. The second-order valence-corrected chi connectivity index (χ2v) is 3.66. The van der Waals surface area contributed by atoms with E-state index in [-0.39, 0.29) is 6.04 Å². The summed E-state index contributed by atoms with van der Waals surface area (Å²) in [6.07, 6.45) is 2.99. The van der Waals surface area contributed by atoms with Crippen LogP contribution >= 0.6 is 0 Å². The third-order valence-electron chi connectivity index (χ3n) is 2.25. The molecule has 0 unspecified atom stereocenters. The van der Waals surface area contributed by atoms with Crippen LogP contribution in [0.1, 0.15) is 31.9 Å². The molecule has 3 heteroatoms. The Labute approximate surface area is 85.9 Å². The predicted octanol–water partition coefficient (Wildman–Crippen LogP) is 1.95. The minimum Gasteiger partial charge on any atom is -0.360 e. The molecule has 0 bridgehead atoms. The monoisotopic (exact) mass is 193 g/mol. The van der Waals surface area contributed by atoms with E-state index in [2.05, 4.69) is 23.9 Å². The van der Waals surface area contributed by atoms with Gasteiger partial charge >= 0.3 is 0 Å². The van der Waals surface area contributed by atoms with E-state index in [4.69, 9.17) is 5.73 Å². The van der Waals surface area contributed by atoms with Gasteiger partial charge in [-0.3, -0.25) is 0 Å². The van der Waals surface area contributed by atoms with E-state index in [1.165, 1.54) is 0 Å². The minimum absolute atomic E-state index is 0.0630. The normalized spacial score (nSPS) is 12.6. The van der Waals surface area contributed by atoms with Crippen molar-refractivity contribution in [1.29, 1.82) is 0 Å². The van der Waals surface area contributed by atoms with Crippen LogP contribution in [0.15, 0.2) is 18.3 Å². The number of aromatic nitrogens is 1. The molecule has 0 aliphatic rings. The van der Waals surface area contributed by atoms with E-state index in [9.17, 15) is 0 Å². The number of nitrogens with two attached hydrogens (primary N) is 1. The SMILES string of the molecule is CCCN(C)c1ccc([C@H](C)N)cn1. The highest BCUT2D eigenvalue weighted by Gasteiger charge is 2.02. The highest BCUT2D eigenvalue weighted by Crippen LogP contribution is 2.13. The molecule has 1 aromatic rings. The van der Waals surface area contributed by atoms with Gasteiger partial charge in [-0.2, -0.15) is 0 Å². The van der Waals surface area contributed by atoms with Gasteiger partial charge in [0.2, 0.25) is 0 Å². The molecule has 1 atom stereocenters. The molecule has 0 saturated carbocycles. The summed E-state index contributed by atoms with van der Waals surface area (Å²) in [5.74, 6) is 1.01. The molecule has 0 spiro atoms. The zero-order valence-electron chi connectivity index (χ0n) is 9.20. The molecule has 1 heterocycles. The lowest BCUT2D eigenvalue weighted by atomic mass is 10.1. The van der Waals surface area contributed by atoms with Crippen molar-refractivity contribution in [3.63, 3.8) is 0 Å². The molecule has 0 radical (unpaired) electrons. The third-order valence-corrected chi connectivity index (χ3v) is 2.25. The summed E-state index contributed by atoms with van der Waals surface area (Å²) < 4.78 is 0. The largest absolute Gasteiger partial charge is 0.360 e. The minimum atomic E-state index is 0.0630. The molecule has 1 rings (SSSR count). The standard InChI is InChI=1S/C11H19N3/c1-4-7-14(3)11-6-5-10(8-13-11)9(2)12/h5-6,8-9H,4,7,12H2,1-3H3/t9-/m0/s1. The van der Waals surface area contributed by atoms with Crippen LogP contribution in [0, 0.1) is 0 Å². The Hall–Kier alpha value is -1.09. The second kappa shape index (κ2) is 4.96. The maximum Gasteiger partial charge on any atom is 0.128 e. The Morgan fingerprint density at radius 3 is 2.64 bits per heavy atom. The van der Waals surface area contributed by atoms with Gasteiger partial charge in [0.25, 0.3) is 0 Å². The van der Waals surface area contributed by atoms with Crippen LogP contribution in [-0.4, -0.2) is 18.6 Å². The molecule has 1 aromatic heterocycles. The quantitative estimate of drug-likeness (QED) is 0.794. The van der Waals surface area contributed by atoms with E-state index < -0.39 is 0 Å². The summed E-state index contributed by atoms with van der Waals surface area (Å²) in [5.41, 5.74) is 6.83. The van der Waals surface area contributed by atoms with Gasteiger partial charge < -0.3 is 10.6 Å². The number of pyridine rings is 1. The van der Waals surface area contributed by atoms with Crippen molar-refractivity contribution in [2.45, 2.75) is 26.3 Å². The van der Waals surface area contributed by atoms with Crippen molar-refractivity contribution in [3.8, 4) is 0 Å². The molecule has 78 valence electrons. The van der Waals surface area contributed by atoms with Crippen LogP contribution in [0.5, 0.6) is 0 Å². The molecule has 0 fully saturated rings. The number of rotatable bonds is 4. The van der Waals surface area contributed by atoms with Crippen LogP contribution < -0.4 is 10.6 Å². The second-order valence-electron chi connectivity index (χ2n) is 3.66. The molecular weight excluding hydrogens is 174 g/mol. The van der Waals surface area contributed by atoms with Crippen molar-refractivity contribution >= 4 is 5.82 Å². The molecule has 0 amide bonds. The molecule has 0 aliphatic heterocycles. The Morgan fingerprint density at radius 2 is 2.21 bits per heavy atom. The number of hydrogen-bond donors (Lipinski definition) is 1. The van der Waals surface area contributed by atoms with Crippen molar-refractivity contribution in [2.24, 2.45) is 5.73 Å². The number of anilines is 1. The fraction of sp³-hybridized carbons (Fsp3) is 0.545. The van der Waals surface area contributed by atoms with Crippen molar-refractivity contribution in [1.82, 2.24) is 4.98 Å². The van der Waals surface area contributed by atoms with Gasteiger partial charge in [0.1, 0.15) is 5.82 Å². The zero-order valence-corrected chi connectivity index (χ0v) is 9.20.